The second-order valence-electron chi connectivity index (χ2n) is 7.37. The molecule has 4 aromatic rings. The van der Waals surface area contributed by atoms with Crippen LogP contribution in [-0.4, -0.2) is 31.8 Å². The molecule has 0 saturated heterocycles. The lowest BCUT2D eigenvalue weighted by Crippen LogP contribution is -2.24. The molecule has 4 rings (SSSR count). The first-order chi connectivity index (χ1) is 15.5. The van der Waals surface area contributed by atoms with Crippen LogP contribution < -0.4 is 5.32 Å². The van der Waals surface area contributed by atoms with E-state index < -0.39 is 6.55 Å². The van der Waals surface area contributed by atoms with Gasteiger partial charge in [0.05, 0.1) is 22.4 Å². The van der Waals surface area contributed by atoms with Gasteiger partial charge in [0.25, 0.3) is 0 Å². The number of carbonyl (C=O) groups excluding carboxylic acids is 1. The molecule has 0 unspecified atom stereocenters. The maximum Gasteiger partial charge on any atom is 0.320 e. The van der Waals surface area contributed by atoms with Gasteiger partial charge in [-0.25, -0.2) is 9.67 Å². The van der Waals surface area contributed by atoms with Crippen molar-refractivity contribution < 1.29 is 13.6 Å². The third kappa shape index (κ3) is 4.30. The number of aryl methyl sites for hydroxylation is 1. The van der Waals surface area contributed by atoms with Crippen LogP contribution in [0.5, 0.6) is 0 Å². The topological polar surface area (TPSA) is 64.7 Å². The van der Waals surface area contributed by atoms with Crippen LogP contribution in [0.3, 0.4) is 0 Å². The second kappa shape index (κ2) is 9.13. The van der Waals surface area contributed by atoms with Gasteiger partial charge in [-0.05, 0) is 44.2 Å². The predicted molar refractivity (Wildman–Crippen MR) is 120 cm³/mol. The first-order valence-corrected chi connectivity index (χ1v) is 10.3. The van der Waals surface area contributed by atoms with Gasteiger partial charge in [-0.1, -0.05) is 30.3 Å². The Morgan fingerprint density at radius 1 is 1.09 bits per heavy atom. The van der Waals surface area contributed by atoms with Crippen molar-refractivity contribution >= 4 is 23.0 Å². The number of aromatic nitrogens is 4. The van der Waals surface area contributed by atoms with Gasteiger partial charge in [0, 0.05) is 30.3 Å². The highest BCUT2D eigenvalue weighted by molar-refractivity contribution is 5.92. The lowest BCUT2D eigenvalue weighted by atomic mass is 10.2. The zero-order chi connectivity index (χ0) is 22.7. The van der Waals surface area contributed by atoms with E-state index in [0.717, 1.165) is 27.2 Å². The third-order valence-electron chi connectivity index (χ3n) is 5.26. The van der Waals surface area contributed by atoms with E-state index in [-0.39, 0.29) is 24.7 Å². The second-order valence-corrected chi connectivity index (χ2v) is 7.37. The number of alkyl halides is 2. The van der Waals surface area contributed by atoms with Crippen molar-refractivity contribution in [2.24, 2.45) is 0 Å². The molecule has 2 aromatic heterocycles. The maximum atomic E-state index is 13.5. The molecule has 0 atom stereocenters. The summed E-state index contributed by atoms with van der Waals surface area (Å²) in [6.45, 7) is 1.33. The Balaban J connectivity index is 1.42. The largest absolute Gasteiger partial charge is 0.352 e. The van der Waals surface area contributed by atoms with Gasteiger partial charge in [-0.3, -0.25) is 9.36 Å². The van der Waals surface area contributed by atoms with Crippen LogP contribution in [0.1, 0.15) is 29.3 Å². The number of nitrogens with one attached hydrogen (secondary N) is 1. The predicted octanol–water partition coefficient (Wildman–Crippen LogP) is 4.61. The molecule has 0 aliphatic heterocycles. The summed E-state index contributed by atoms with van der Waals surface area (Å²) in [6, 6.07) is 16.5. The number of hydrogen-bond acceptors (Lipinski definition) is 3. The molecule has 0 fully saturated rings. The number of fused-ring (bicyclic) bond motifs is 1. The van der Waals surface area contributed by atoms with Crippen LogP contribution in [0.4, 0.5) is 8.78 Å². The van der Waals surface area contributed by atoms with Crippen molar-refractivity contribution in [2.75, 3.05) is 6.54 Å². The molecular weight excluding hydrogens is 412 g/mol. The number of imidazole rings is 1. The zero-order valence-electron chi connectivity index (χ0n) is 17.8. The molecular formula is C24H23F2N5O. The monoisotopic (exact) mass is 435 g/mol. The summed E-state index contributed by atoms with van der Waals surface area (Å²) in [5, 5.41) is 7.30. The molecule has 0 radical (unpaired) electrons. The Morgan fingerprint density at radius 2 is 1.81 bits per heavy atom. The summed E-state index contributed by atoms with van der Waals surface area (Å²) < 4.78 is 29.7. The fourth-order valence-electron chi connectivity index (χ4n) is 3.72. The first kappa shape index (κ1) is 21.4. The first-order valence-electron chi connectivity index (χ1n) is 10.3. The number of halogens is 2. The van der Waals surface area contributed by atoms with Gasteiger partial charge >= 0.3 is 6.55 Å². The average molecular weight is 435 g/mol. The molecule has 2 heterocycles. The smallest absolute Gasteiger partial charge is 0.320 e. The van der Waals surface area contributed by atoms with Crippen molar-refractivity contribution in [3.63, 3.8) is 0 Å². The molecule has 0 aliphatic carbocycles. The Hall–Kier alpha value is -3.81. The summed E-state index contributed by atoms with van der Waals surface area (Å²) in [5.74, 6) is -0.0720. The van der Waals surface area contributed by atoms with E-state index in [1.807, 2.05) is 48.9 Å². The van der Waals surface area contributed by atoms with E-state index >= 15 is 0 Å². The highest BCUT2D eigenvalue weighted by atomic mass is 19.3. The van der Waals surface area contributed by atoms with Crippen LogP contribution in [-0.2, 0) is 11.2 Å². The van der Waals surface area contributed by atoms with Gasteiger partial charge in [0.15, 0.2) is 0 Å². The summed E-state index contributed by atoms with van der Waals surface area (Å²) in [6.07, 6.45) is 3.35. The quantitative estimate of drug-likeness (QED) is 0.431. The number of benzene rings is 2. The highest BCUT2D eigenvalue weighted by Crippen LogP contribution is 2.23. The standard InChI is InChI=1S/C24H23F2N5O/c1-16-19(17(2)31(29-16)18-8-4-3-5-9-18)12-13-23(32)27-15-14-22-28-20-10-6-7-11-21(20)30(22)24(25)26/h3-13,24H,14-15H2,1-2H3,(H,27,32). The summed E-state index contributed by atoms with van der Waals surface area (Å²) in [7, 11) is 0. The summed E-state index contributed by atoms with van der Waals surface area (Å²) in [4.78, 5) is 16.6. The molecule has 8 heteroatoms. The maximum absolute atomic E-state index is 13.5. The van der Waals surface area contributed by atoms with Crippen LogP contribution in [0.2, 0.25) is 0 Å². The van der Waals surface area contributed by atoms with E-state index in [2.05, 4.69) is 15.4 Å². The van der Waals surface area contributed by atoms with Gasteiger partial charge in [0.2, 0.25) is 5.91 Å². The van der Waals surface area contributed by atoms with Gasteiger partial charge in [-0.2, -0.15) is 13.9 Å². The Labute approximate surface area is 184 Å². The molecule has 0 saturated carbocycles. The normalized spacial score (nSPS) is 11.7. The van der Waals surface area contributed by atoms with E-state index in [9.17, 15) is 13.6 Å². The third-order valence-corrected chi connectivity index (χ3v) is 5.26. The van der Waals surface area contributed by atoms with E-state index in [1.54, 1.807) is 30.3 Å². The summed E-state index contributed by atoms with van der Waals surface area (Å²) in [5.41, 5.74) is 4.42. The van der Waals surface area contributed by atoms with Crippen molar-refractivity contribution in [1.29, 1.82) is 0 Å². The molecule has 1 N–H and O–H groups in total. The summed E-state index contributed by atoms with van der Waals surface area (Å²) >= 11 is 0. The Kier molecular flexibility index (Phi) is 6.11. The Morgan fingerprint density at radius 3 is 2.56 bits per heavy atom. The van der Waals surface area contributed by atoms with Gasteiger partial charge < -0.3 is 5.32 Å². The molecule has 2 aromatic carbocycles. The number of nitrogens with zero attached hydrogens (tertiary/aromatic N) is 4. The molecule has 0 bridgehead atoms. The molecule has 164 valence electrons. The molecule has 0 aliphatic rings. The number of amides is 1. The van der Waals surface area contributed by atoms with Crippen molar-refractivity contribution in [2.45, 2.75) is 26.8 Å². The average Bonchev–Trinajstić information content (AvgIpc) is 3.29. The number of carbonyl (C=O) groups is 1. The van der Waals surface area contributed by atoms with Gasteiger partial charge in [0.1, 0.15) is 5.82 Å². The van der Waals surface area contributed by atoms with E-state index in [4.69, 9.17) is 0 Å². The van der Waals surface area contributed by atoms with Crippen LogP contribution >= 0.6 is 0 Å². The fourth-order valence-corrected chi connectivity index (χ4v) is 3.72. The van der Waals surface area contributed by atoms with Crippen molar-refractivity contribution in [1.82, 2.24) is 24.6 Å². The van der Waals surface area contributed by atoms with Crippen LogP contribution in [0, 0.1) is 13.8 Å². The van der Waals surface area contributed by atoms with E-state index in [1.165, 1.54) is 6.08 Å². The van der Waals surface area contributed by atoms with Crippen molar-refractivity contribution in [3.05, 3.63) is 83.4 Å². The van der Waals surface area contributed by atoms with Crippen LogP contribution in [0.15, 0.2) is 60.7 Å². The van der Waals surface area contributed by atoms with Crippen LogP contribution in [0.25, 0.3) is 22.8 Å². The fraction of sp³-hybridized carbons (Fsp3) is 0.208. The lowest BCUT2D eigenvalue weighted by Gasteiger charge is -2.08. The SMILES string of the molecule is Cc1nn(-c2ccccc2)c(C)c1C=CC(=O)NCCc1nc2ccccc2n1C(F)F. The molecule has 6 nitrogen and oxygen atoms in total. The number of hydrogen-bond donors (Lipinski definition) is 1. The minimum atomic E-state index is -2.69. The zero-order valence-corrected chi connectivity index (χ0v) is 17.8. The molecule has 0 spiro atoms. The Bertz CT molecular complexity index is 1270. The number of para-hydroxylation sites is 3. The number of rotatable bonds is 7. The molecule has 1 amide bonds. The minimum Gasteiger partial charge on any atom is -0.352 e. The molecule has 32 heavy (non-hydrogen) atoms. The van der Waals surface area contributed by atoms with Crippen molar-refractivity contribution in [3.8, 4) is 5.69 Å². The minimum absolute atomic E-state index is 0.195. The van der Waals surface area contributed by atoms with E-state index in [0.29, 0.717) is 11.0 Å². The van der Waals surface area contributed by atoms with Gasteiger partial charge in [-0.15, -0.1) is 0 Å². The highest BCUT2D eigenvalue weighted by Gasteiger charge is 2.17. The lowest BCUT2D eigenvalue weighted by molar-refractivity contribution is -0.116.